The van der Waals surface area contributed by atoms with Crippen LogP contribution < -0.4 is 10.5 Å². The Morgan fingerprint density at radius 1 is 1.31 bits per heavy atom. The van der Waals surface area contributed by atoms with Gasteiger partial charge in [-0.1, -0.05) is 24.1 Å². The summed E-state index contributed by atoms with van der Waals surface area (Å²) in [6.07, 6.45) is 3.85. The van der Waals surface area contributed by atoms with Crippen molar-refractivity contribution in [3.8, 4) is 5.75 Å². The van der Waals surface area contributed by atoms with E-state index in [0.717, 1.165) is 5.75 Å². The van der Waals surface area contributed by atoms with Crippen molar-refractivity contribution < 1.29 is 4.74 Å². The molecule has 2 heteroatoms. The van der Waals surface area contributed by atoms with Gasteiger partial charge in [0.05, 0.1) is 7.11 Å². The van der Waals surface area contributed by atoms with Crippen molar-refractivity contribution in [1.29, 1.82) is 0 Å². The molecule has 0 aromatic heterocycles. The van der Waals surface area contributed by atoms with E-state index in [1.807, 2.05) is 0 Å². The monoisotopic (exact) mass is 219 g/mol. The number of hydrogen-bond donors (Lipinski definition) is 1. The van der Waals surface area contributed by atoms with Crippen molar-refractivity contribution in [2.45, 2.75) is 39.2 Å². The summed E-state index contributed by atoms with van der Waals surface area (Å²) in [5.41, 5.74) is 9.97. The number of benzene rings is 1. The molecule has 2 N–H and O–H groups in total. The topological polar surface area (TPSA) is 35.2 Å². The van der Waals surface area contributed by atoms with Gasteiger partial charge >= 0.3 is 0 Å². The van der Waals surface area contributed by atoms with E-state index < -0.39 is 0 Å². The van der Waals surface area contributed by atoms with E-state index in [0.29, 0.717) is 5.92 Å². The lowest BCUT2D eigenvalue weighted by Crippen LogP contribution is -2.27. The minimum atomic E-state index is 0.141. The minimum Gasteiger partial charge on any atom is -0.496 e. The first kappa shape index (κ1) is 11.5. The van der Waals surface area contributed by atoms with E-state index in [4.69, 9.17) is 10.5 Å². The predicted octanol–water partition coefficient (Wildman–Crippen LogP) is 3.11. The van der Waals surface area contributed by atoms with Gasteiger partial charge in [-0.15, -0.1) is 0 Å². The molecule has 88 valence electrons. The average molecular weight is 219 g/mol. The quantitative estimate of drug-likeness (QED) is 0.847. The largest absolute Gasteiger partial charge is 0.496 e. The van der Waals surface area contributed by atoms with Crippen LogP contribution in [0.15, 0.2) is 12.1 Å². The van der Waals surface area contributed by atoms with Crippen molar-refractivity contribution in [3.63, 3.8) is 0 Å². The highest BCUT2D eigenvalue weighted by Crippen LogP contribution is 2.40. The molecule has 0 bridgehead atoms. The summed E-state index contributed by atoms with van der Waals surface area (Å²) in [5, 5.41) is 0. The minimum absolute atomic E-state index is 0.141. The Balaban J connectivity index is 2.36. The summed E-state index contributed by atoms with van der Waals surface area (Å²) in [6.45, 7) is 4.20. The van der Waals surface area contributed by atoms with E-state index >= 15 is 0 Å². The van der Waals surface area contributed by atoms with Crippen molar-refractivity contribution in [2.24, 2.45) is 11.7 Å². The number of methoxy groups -OCH3 is 1. The first-order chi connectivity index (χ1) is 7.63. The third-order valence-electron chi connectivity index (χ3n) is 3.67. The molecular formula is C14H21NO. The SMILES string of the molecule is COc1c(C)cc(C)cc1C(N)C1CCC1. The van der Waals surface area contributed by atoms with Gasteiger partial charge in [0.25, 0.3) is 0 Å². The zero-order valence-electron chi connectivity index (χ0n) is 10.4. The van der Waals surface area contributed by atoms with Crippen molar-refractivity contribution in [3.05, 3.63) is 28.8 Å². The van der Waals surface area contributed by atoms with E-state index in [1.165, 1.54) is 36.0 Å². The highest BCUT2D eigenvalue weighted by molar-refractivity contribution is 5.45. The summed E-state index contributed by atoms with van der Waals surface area (Å²) < 4.78 is 5.49. The Morgan fingerprint density at radius 2 is 2.00 bits per heavy atom. The highest BCUT2D eigenvalue weighted by atomic mass is 16.5. The van der Waals surface area contributed by atoms with Gasteiger partial charge in [-0.3, -0.25) is 0 Å². The molecule has 0 spiro atoms. The van der Waals surface area contributed by atoms with Crippen LogP contribution in [0.25, 0.3) is 0 Å². The van der Waals surface area contributed by atoms with Gasteiger partial charge in [0.2, 0.25) is 0 Å². The lowest BCUT2D eigenvalue weighted by Gasteiger charge is -2.32. The molecule has 2 rings (SSSR count). The first-order valence-electron chi connectivity index (χ1n) is 6.04. The van der Waals surface area contributed by atoms with Crippen LogP contribution in [-0.2, 0) is 0 Å². The standard InChI is InChI=1S/C14H21NO/c1-9-7-10(2)14(16-3)12(8-9)13(15)11-5-4-6-11/h7-8,11,13H,4-6,15H2,1-3H3. The van der Waals surface area contributed by atoms with Gasteiger partial charge in [0, 0.05) is 11.6 Å². The Bertz CT molecular complexity index is 383. The number of aryl methyl sites for hydroxylation is 2. The van der Waals surface area contributed by atoms with E-state index in [-0.39, 0.29) is 6.04 Å². The summed E-state index contributed by atoms with van der Waals surface area (Å²) in [5.74, 6) is 1.63. The number of ether oxygens (including phenoxy) is 1. The van der Waals surface area contributed by atoms with E-state index in [2.05, 4.69) is 26.0 Å². The molecule has 0 heterocycles. The van der Waals surface area contributed by atoms with Crippen LogP contribution >= 0.6 is 0 Å². The molecule has 1 aliphatic rings. The summed E-state index contributed by atoms with van der Waals surface area (Å²) in [7, 11) is 1.73. The number of rotatable bonds is 3. The van der Waals surface area contributed by atoms with Gasteiger partial charge in [-0.25, -0.2) is 0 Å². The van der Waals surface area contributed by atoms with Crippen LogP contribution in [0.5, 0.6) is 5.75 Å². The van der Waals surface area contributed by atoms with Crippen LogP contribution in [0.4, 0.5) is 0 Å². The smallest absolute Gasteiger partial charge is 0.126 e. The van der Waals surface area contributed by atoms with Crippen LogP contribution in [0, 0.1) is 19.8 Å². The fourth-order valence-corrected chi connectivity index (χ4v) is 2.57. The Hall–Kier alpha value is -1.02. The fraction of sp³-hybridized carbons (Fsp3) is 0.571. The van der Waals surface area contributed by atoms with E-state index in [9.17, 15) is 0 Å². The molecule has 0 saturated heterocycles. The third kappa shape index (κ3) is 1.94. The second kappa shape index (κ2) is 4.46. The third-order valence-corrected chi connectivity index (χ3v) is 3.67. The molecule has 1 saturated carbocycles. The molecular weight excluding hydrogens is 198 g/mol. The molecule has 2 nitrogen and oxygen atoms in total. The van der Waals surface area contributed by atoms with E-state index in [1.54, 1.807) is 7.11 Å². The maximum absolute atomic E-state index is 6.33. The molecule has 1 aliphatic carbocycles. The van der Waals surface area contributed by atoms with Crippen molar-refractivity contribution in [1.82, 2.24) is 0 Å². The lowest BCUT2D eigenvalue weighted by atomic mass is 9.77. The fourth-order valence-electron chi connectivity index (χ4n) is 2.57. The predicted molar refractivity (Wildman–Crippen MR) is 66.7 cm³/mol. The molecule has 1 aromatic rings. The van der Waals surface area contributed by atoms with Crippen molar-refractivity contribution in [2.75, 3.05) is 7.11 Å². The van der Waals surface area contributed by atoms with Gasteiger partial charge in [0.15, 0.2) is 0 Å². The Labute approximate surface area is 97.8 Å². The summed E-state index contributed by atoms with van der Waals surface area (Å²) in [4.78, 5) is 0. The Morgan fingerprint density at radius 3 is 2.50 bits per heavy atom. The van der Waals surface area contributed by atoms with Crippen LogP contribution in [-0.4, -0.2) is 7.11 Å². The molecule has 1 atom stereocenters. The lowest BCUT2D eigenvalue weighted by molar-refractivity contribution is 0.259. The molecule has 1 aromatic carbocycles. The molecule has 1 fully saturated rings. The van der Waals surface area contributed by atoms with Crippen LogP contribution in [0.1, 0.15) is 42.0 Å². The Kier molecular flexibility index (Phi) is 3.20. The number of nitrogens with two attached hydrogens (primary N) is 1. The highest BCUT2D eigenvalue weighted by Gasteiger charge is 2.28. The maximum Gasteiger partial charge on any atom is 0.126 e. The second-order valence-electron chi connectivity index (χ2n) is 4.92. The van der Waals surface area contributed by atoms with Gasteiger partial charge in [0.1, 0.15) is 5.75 Å². The normalized spacial score (nSPS) is 18.0. The summed E-state index contributed by atoms with van der Waals surface area (Å²) in [6, 6.07) is 4.47. The van der Waals surface area contributed by atoms with Gasteiger partial charge in [-0.2, -0.15) is 0 Å². The first-order valence-corrected chi connectivity index (χ1v) is 6.04. The van der Waals surface area contributed by atoms with Crippen LogP contribution in [0.3, 0.4) is 0 Å². The number of hydrogen-bond acceptors (Lipinski definition) is 2. The summed E-state index contributed by atoms with van der Waals surface area (Å²) >= 11 is 0. The molecule has 0 aliphatic heterocycles. The van der Waals surface area contributed by atoms with Gasteiger partial charge < -0.3 is 10.5 Å². The molecule has 0 radical (unpaired) electrons. The van der Waals surface area contributed by atoms with Gasteiger partial charge in [-0.05, 0) is 38.2 Å². The zero-order valence-corrected chi connectivity index (χ0v) is 10.4. The zero-order chi connectivity index (χ0) is 11.7. The molecule has 0 amide bonds. The molecule has 1 unspecified atom stereocenters. The van der Waals surface area contributed by atoms with Crippen LogP contribution in [0.2, 0.25) is 0 Å². The second-order valence-corrected chi connectivity index (χ2v) is 4.92. The molecule has 16 heavy (non-hydrogen) atoms. The maximum atomic E-state index is 6.33. The van der Waals surface area contributed by atoms with Crippen molar-refractivity contribution >= 4 is 0 Å². The average Bonchev–Trinajstić information content (AvgIpc) is 2.13.